The summed E-state index contributed by atoms with van der Waals surface area (Å²) < 4.78 is 11.4. The van der Waals surface area contributed by atoms with Crippen molar-refractivity contribution in [3.8, 4) is 11.5 Å². The lowest BCUT2D eigenvalue weighted by atomic mass is 10.2. The number of amides is 2. The van der Waals surface area contributed by atoms with Crippen molar-refractivity contribution in [1.82, 2.24) is 5.32 Å². The first-order valence-electron chi connectivity index (χ1n) is 10.0. The first kappa shape index (κ1) is 25.5. The molecule has 0 radical (unpaired) electrons. The van der Waals surface area contributed by atoms with Crippen LogP contribution < -0.4 is 25.4 Å². The number of thiocarbonyl (C=S) groups is 1. The van der Waals surface area contributed by atoms with Crippen molar-refractivity contribution >= 4 is 68.1 Å². The predicted molar refractivity (Wildman–Crippen MR) is 141 cm³/mol. The normalized spacial score (nSPS) is 11.2. The summed E-state index contributed by atoms with van der Waals surface area (Å²) >= 11 is 14.6. The molecule has 3 aromatic carbocycles. The maximum absolute atomic E-state index is 12.4. The van der Waals surface area contributed by atoms with Gasteiger partial charge in [-0.3, -0.25) is 14.9 Å². The number of halogens is 2. The maximum atomic E-state index is 12.4. The third-order valence-corrected chi connectivity index (χ3v) is 5.70. The predicted octanol–water partition coefficient (Wildman–Crippen LogP) is 5.64. The molecule has 0 aliphatic heterocycles. The first-order valence-corrected chi connectivity index (χ1v) is 11.6. The van der Waals surface area contributed by atoms with Gasteiger partial charge in [-0.2, -0.15) is 0 Å². The third-order valence-electron chi connectivity index (χ3n) is 4.56. The highest BCUT2D eigenvalue weighted by Crippen LogP contribution is 2.26. The van der Waals surface area contributed by atoms with Crippen LogP contribution in [0.1, 0.15) is 17.3 Å². The van der Waals surface area contributed by atoms with Gasteiger partial charge in [-0.1, -0.05) is 23.7 Å². The van der Waals surface area contributed by atoms with Gasteiger partial charge in [0.15, 0.2) is 11.2 Å². The Balaban J connectivity index is 1.52. The Morgan fingerprint density at radius 1 is 0.971 bits per heavy atom. The highest BCUT2D eigenvalue weighted by Gasteiger charge is 2.16. The van der Waals surface area contributed by atoms with Gasteiger partial charge in [0, 0.05) is 16.9 Å². The molecule has 0 fully saturated rings. The van der Waals surface area contributed by atoms with Gasteiger partial charge in [0.25, 0.3) is 11.8 Å². The average molecular weight is 563 g/mol. The van der Waals surface area contributed by atoms with Crippen molar-refractivity contribution in [1.29, 1.82) is 0 Å². The molecule has 0 spiro atoms. The zero-order chi connectivity index (χ0) is 24.7. The summed E-state index contributed by atoms with van der Waals surface area (Å²) in [5.74, 6) is 0.365. The number of carbonyl (C=O) groups excluding carboxylic acids is 2. The fourth-order valence-electron chi connectivity index (χ4n) is 2.81. The SMILES string of the molecule is COc1ccc(C(=O)NC(=S)Nc2ccc(NC(=O)C(C)Oc3ccccc3Cl)cc2)cc1Br. The van der Waals surface area contributed by atoms with Crippen molar-refractivity contribution in [2.24, 2.45) is 0 Å². The van der Waals surface area contributed by atoms with Crippen molar-refractivity contribution < 1.29 is 19.1 Å². The molecule has 10 heteroatoms. The lowest BCUT2D eigenvalue weighted by Gasteiger charge is -2.16. The molecule has 0 bridgehead atoms. The maximum Gasteiger partial charge on any atom is 0.265 e. The van der Waals surface area contributed by atoms with E-state index in [1.165, 1.54) is 0 Å². The van der Waals surface area contributed by atoms with E-state index < -0.39 is 6.10 Å². The molecule has 34 heavy (non-hydrogen) atoms. The van der Waals surface area contributed by atoms with Crippen LogP contribution >= 0.6 is 39.7 Å². The van der Waals surface area contributed by atoms with E-state index in [4.69, 9.17) is 33.3 Å². The quantitative estimate of drug-likeness (QED) is 0.323. The van der Waals surface area contributed by atoms with E-state index in [9.17, 15) is 9.59 Å². The first-order chi connectivity index (χ1) is 16.3. The molecule has 0 aromatic heterocycles. The van der Waals surface area contributed by atoms with E-state index >= 15 is 0 Å². The van der Waals surface area contributed by atoms with Gasteiger partial charge >= 0.3 is 0 Å². The Bertz CT molecular complexity index is 1210. The number of hydrogen-bond donors (Lipinski definition) is 3. The second kappa shape index (κ2) is 11.8. The molecular weight excluding hydrogens is 542 g/mol. The van der Waals surface area contributed by atoms with Crippen LogP contribution in [-0.2, 0) is 4.79 Å². The zero-order valence-corrected chi connectivity index (χ0v) is 21.4. The van der Waals surface area contributed by atoms with Crippen LogP contribution in [-0.4, -0.2) is 30.1 Å². The fraction of sp³-hybridized carbons (Fsp3) is 0.125. The average Bonchev–Trinajstić information content (AvgIpc) is 2.81. The van der Waals surface area contributed by atoms with Crippen LogP contribution in [0, 0.1) is 0 Å². The molecular formula is C24H21BrClN3O4S. The number of nitrogens with one attached hydrogen (secondary N) is 3. The lowest BCUT2D eigenvalue weighted by molar-refractivity contribution is -0.122. The second-order valence-electron chi connectivity index (χ2n) is 7.01. The van der Waals surface area contributed by atoms with Gasteiger partial charge in [0.1, 0.15) is 11.5 Å². The Hall–Kier alpha value is -3.14. The van der Waals surface area contributed by atoms with Crippen molar-refractivity contribution in [3.63, 3.8) is 0 Å². The molecule has 3 aromatic rings. The van der Waals surface area contributed by atoms with Crippen LogP contribution in [0.5, 0.6) is 11.5 Å². The van der Waals surface area contributed by atoms with Gasteiger partial charge < -0.3 is 20.1 Å². The standard InChI is InChI=1S/C24H21BrClN3O4S/c1-14(33-21-6-4-3-5-19(21)26)22(30)27-16-8-10-17(11-9-16)28-24(34)29-23(31)15-7-12-20(32-2)18(25)13-15/h3-14H,1-2H3,(H,27,30)(H2,28,29,31,34). The summed E-state index contributed by atoms with van der Waals surface area (Å²) in [6, 6.07) is 18.8. The van der Waals surface area contributed by atoms with Gasteiger partial charge in [0.2, 0.25) is 0 Å². The van der Waals surface area contributed by atoms with Gasteiger partial charge in [-0.25, -0.2) is 0 Å². The van der Waals surface area contributed by atoms with Gasteiger partial charge in [0.05, 0.1) is 16.6 Å². The molecule has 1 unspecified atom stereocenters. The molecule has 0 heterocycles. The van der Waals surface area contributed by atoms with E-state index in [1.54, 1.807) is 80.8 Å². The summed E-state index contributed by atoms with van der Waals surface area (Å²) in [5.41, 5.74) is 1.63. The molecule has 0 saturated heterocycles. The van der Waals surface area contributed by atoms with E-state index in [0.717, 1.165) is 0 Å². The lowest BCUT2D eigenvalue weighted by Crippen LogP contribution is -2.34. The summed E-state index contributed by atoms with van der Waals surface area (Å²) in [4.78, 5) is 24.9. The summed E-state index contributed by atoms with van der Waals surface area (Å²) in [5, 5.41) is 8.90. The van der Waals surface area contributed by atoms with E-state index in [0.29, 0.717) is 37.9 Å². The van der Waals surface area contributed by atoms with Gasteiger partial charge in [-0.15, -0.1) is 0 Å². The zero-order valence-electron chi connectivity index (χ0n) is 18.2. The highest BCUT2D eigenvalue weighted by molar-refractivity contribution is 9.10. The molecule has 1 atom stereocenters. The molecule has 176 valence electrons. The molecule has 0 aliphatic carbocycles. The molecule has 7 nitrogen and oxygen atoms in total. The molecule has 3 rings (SSSR count). The van der Waals surface area contributed by atoms with Gasteiger partial charge in [-0.05, 0) is 89.7 Å². The number of hydrogen-bond acceptors (Lipinski definition) is 5. The number of anilines is 2. The van der Waals surface area contributed by atoms with Crippen LogP contribution in [0.4, 0.5) is 11.4 Å². The molecule has 2 amide bonds. The second-order valence-corrected chi connectivity index (χ2v) is 8.68. The summed E-state index contributed by atoms with van der Waals surface area (Å²) in [6.45, 7) is 1.64. The highest BCUT2D eigenvalue weighted by atomic mass is 79.9. The number of carbonyl (C=O) groups is 2. The molecule has 0 saturated carbocycles. The number of benzene rings is 3. The molecule has 3 N–H and O–H groups in total. The Morgan fingerprint density at radius 2 is 1.62 bits per heavy atom. The minimum atomic E-state index is -0.751. The largest absolute Gasteiger partial charge is 0.496 e. The van der Waals surface area contributed by atoms with Crippen LogP contribution in [0.3, 0.4) is 0 Å². The van der Waals surface area contributed by atoms with Crippen LogP contribution in [0.2, 0.25) is 5.02 Å². The molecule has 0 aliphatic rings. The van der Waals surface area contributed by atoms with Crippen molar-refractivity contribution in [2.45, 2.75) is 13.0 Å². The number of ether oxygens (including phenoxy) is 2. The van der Waals surface area contributed by atoms with E-state index in [-0.39, 0.29) is 16.9 Å². The number of methoxy groups -OCH3 is 1. The van der Waals surface area contributed by atoms with Crippen molar-refractivity contribution in [2.75, 3.05) is 17.7 Å². The summed E-state index contributed by atoms with van der Waals surface area (Å²) in [7, 11) is 1.55. The van der Waals surface area contributed by atoms with Crippen LogP contribution in [0.15, 0.2) is 71.2 Å². The number of para-hydroxylation sites is 1. The Labute approximate surface area is 215 Å². The Kier molecular flexibility index (Phi) is 8.86. The monoisotopic (exact) mass is 561 g/mol. The number of rotatable bonds is 7. The fourth-order valence-corrected chi connectivity index (χ4v) is 3.74. The van der Waals surface area contributed by atoms with Crippen LogP contribution in [0.25, 0.3) is 0 Å². The van der Waals surface area contributed by atoms with E-state index in [1.807, 2.05) is 0 Å². The smallest absolute Gasteiger partial charge is 0.265 e. The minimum absolute atomic E-state index is 0.135. The Morgan fingerprint density at radius 3 is 2.24 bits per heavy atom. The summed E-state index contributed by atoms with van der Waals surface area (Å²) in [6.07, 6.45) is -0.751. The minimum Gasteiger partial charge on any atom is -0.496 e. The van der Waals surface area contributed by atoms with Crippen molar-refractivity contribution in [3.05, 3.63) is 81.8 Å². The third kappa shape index (κ3) is 6.93. The van der Waals surface area contributed by atoms with E-state index in [2.05, 4.69) is 31.9 Å². The topological polar surface area (TPSA) is 88.7 Å².